The third-order valence-electron chi connectivity index (χ3n) is 2.64. The Bertz CT molecular complexity index is 256. The fraction of sp³-hybridized carbons (Fsp3) is 0.800. The Balaban J connectivity index is 2.58. The lowest BCUT2D eigenvalue weighted by atomic mass is 10.1. The summed E-state index contributed by atoms with van der Waals surface area (Å²) in [5.74, 6) is 0. The lowest BCUT2D eigenvalue weighted by molar-refractivity contribution is -0.172. The Morgan fingerprint density at radius 2 is 1.71 bits per heavy atom. The SMILES string of the molecule is FC(F)(F)C(=CCCC1CCCN1)C(F)(F)F. The molecule has 1 N–H and O–H groups in total. The van der Waals surface area contributed by atoms with E-state index in [-0.39, 0.29) is 18.5 Å². The molecular formula is C10H13F6N. The largest absolute Gasteiger partial charge is 0.420 e. The van der Waals surface area contributed by atoms with E-state index in [0.717, 1.165) is 19.4 Å². The molecule has 1 atom stereocenters. The molecule has 0 radical (unpaired) electrons. The van der Waals surface area contributed by atoms with Gasteiger partial charge in [-0.25, -0.2) is 0 Å². The maximum Gasteiger partial charge on any atom is 0.420 e. The van der Waals surface area contributed by atoms with Crippen LogP contribution in [0, 0.1) is 0 Å². The van der Waals surface area contributed by atoms with Crippen molar-refractivity contribution in [2.45, 2.75) is 44.1 Å². The number of nitrogens with one attached hydrogen (secondary N) is 1. The molecule has 0 spiro atoms. The van der Waals surface area contributed by atoms with Crippen molar-refractivity contribution in [1.29, 1.82) is 0 Å². The summed E-state index contributed by atoms with van der Waals surface area (Å²) in [6.45, 7) is 0.778. The van der Waals surface area contributed by atoms with Crippen LogP contribution in [-0.2, 0) is 0 Å². The van der Waals surface area contributed by atoms with Crippen LogP contribution < -0.4 is 5.32 Å². The third-order valence-corrected chi connectivity index (χ3v) is 2.64. The Morgan fingerprint density at radius 1 is 1.12 bits per heavy atom. The summed E-state index contributed by atoms with van der Waals surface area (Å²) in [5.41, 5.74) is -2.40. The standard InChI is InChI=1S/C10H13F6N/c11-9(12,13)8(10(14,15)16)5-1-3-7-4-2-6-17-7/h5,7,17H,1-4,6H2. The van der Waals surface area contributed by atoms with Crippen molar-refractivity contribution < 1.29 is 26.3 Å². The molecule has 1 unspecified atom stereocenters. The fourth-order valence-corrected chi connectivity index (χ4v) is 1.82. The van der Waals surface area contributed by atoms with Crippen molar-refractivity contribution in [3.8, 4) is 0 Å². The molecule has 0 aromatic carbocycles. The van der Waals surface area contributed by atoms with Crippen LogP contribution >= 0.6 is 0 Å². The van der Waals surface area contributed by atoms with Gasteiger partial charge in [0.2, 0.25) is 0 Å². The summed E-state index contributed by atoms with van der Waals surface area (Å²) in [7, 11) is 0. The highest BCUT2D eigenvalue weighted by Crippen LogP contribution is 2.38. The van der Waals surface area contributed by atoms with Gasteiger partial charge in [0.15, 0.2) is 0 Å². The van der Waals surface area contributed by atoms with Crippen LogP contribution in [0.25, 0.3) is 0 Å². The summed E-state index contributed by atoms with van der Waals surface area (Å²) in [5, 5.41) is 3.02. The van der Waals surface area contributed by atoms with Crippen LogP contribution in [0.1, 0.15) is 25.7 Å². The molecule has 1 rings (SSSR count). The molecule has 0 aliphatic carbocycles. The number of halogens is 6. The molecule has 1 saturated heterocycles. The van der Waals surface area contributed by atoms with Gasteiger partial charge in [-0.2, -0.15) is 26.3 Å². The van der Waals surface area contributed by atoms with Crippen LogP contribution in [0.4, 0.5) is 26.3 Å². The highest BCUT2D eigenvalue weighted by molar-refractivity contribution is 5.15. The molecule has 1 aliphatic rings. The van der Waals surface area contributed by atoms with Gasteiger partial charge in [-0.1, -0.05) is 6.08 Å². The smallest absolute Gasteiger partial charge is 0.314 e. The predicted octanol–water partition coefficient (Wildman–Crippen LogP) is 3.57. The third kappa shape index (κ3) is 4.57. The number of alkyl halides is 6. The van der Waals surface area contributed by atoms with E-state index in [0.29, 0.717) is 6.42 Å². The molecule has 0 aromatic heterocycles. The van der Waals surface area contributed by atoms with E-state index in [1.807, 2.05) is 0 Å². The van der Waals surface area contributed by atoms with Gasteiger partial charge >= 0.3 is 12.4 Å². The number of hydrogen-bond acceptors (Lipinski definition) is 1. The van der Waals surface area contributed by atoms with Crippen molar-refractivity contribution in [2.75, 3.05) is 6.54 Å². The number of hydrogen-bond donors (Lipinski definition) is 1. The van der Waals surface area contributed by atoms with Crippen molar-refractivity contribution in [1.82, 2.24) is 5.32 Å². The van der Waals surface area contributed by atoms with Crippen molar-refractivity contribution in [3.63, 3.8) is 0 Å². The quantitative estimate of drug-likeness (QED) is 0.605. The van der Waals surface area contributed by atoms with E-state index in [1.165, 1.54) is 0 Å². The zero-order valence-corrected chi connectivity index (χ0v) is 8.96. The molecule has 1 fully saturated rings. The summed E-state index contributed by atoms with van der Waals surface area (Å²) in [6, 6.07) is 0.0361. The van der Waals surface area contributed by atoms with Gasteiger partial charge in [-0.15, -0.1) is 0 Å². The molecule has 0 saturated carbocycles. The summed E-state index contributed by atoms with van der Waals surface area (Å²) >= 11 is 0. The molecule has 1 aliphatic heterocycles. The van der Waals surface area contributed by atoms with Crippen molar-refractivity contribution in [2.24, 2.45) is 0 Å². The maximum absolute atomic E-state index is 12.1. The highest BCUT2D eigenvalue weighted by atomic mass is 19.4. The summed E-state index contributed by atoms with van der Waals surface area (Å²) in [4.78, 5) is 0. The fourth-order valence-electron chi connectivity index (χ4n) is 1.82. The first kappa shape index (κ1) is 14.3. The van der Waals surface area contributed by atoms with Crippen LogP contribution in [0.2, 0.25) is 0 Å². The van der Waals surface area contributed by atoms with Crippen molar-refractivity contribution >= 4 is 0 Å². The van der Waals surface area contributed by atoms with Gasteiger partial charge in [-0.3, -0.25) is 0 Å². The van der Waals surface area contributed by atoms with Crippen molar-refractivity contribution in [3.05, 3.63) is 11.6 Å². The van der Waals surface area contributed by atoms with Gasteiger partial charge in [0.25, 0.3) is 0 Å². The minimum Gasteiger partial charge on any atom is -0.314 e. The summed E-state index contributed by atoms with van der Waals surface area (Å²) in [6.07, 6.45) is -8.61. The lowest BCUT2D eigenvalue weighted by Crippen LogP contribution is -2.26. The van der Waals surface area contributed by atoms with E-state index in [4.69, 9.17) is 0 Å². The first-order valence-corrected chi connectivity index (χ1v) is 5.29. The van der Waals surface area contributed by atoms with Crippen LogP contribution in [0.15, 0.2) is 11.6 Å². The van der Waals surface area contributed by atoms with Crippen LogP contribution in [0.5, 0.6) is 0 Å². The second-order valence-electron chi connectivity index (χ2n) is 3.98. The normalized spacial score (nSPS) is 21.6. The van der Waals surface area contributed by atoms with Crippen LogP contribution in [0.3, 0.4) is 0 Å². The van der Waals surface area contributed by atoms with Gasteiger partial charge in [0.05, 0.1) is 0 Å². The minimum absolute atomic E-state index is 0.0361. The predicted molar refractivity (Wildman–Crippen MR) is 50.5 cm³/mol. The maximum atomic E-state index is 12.1. The number of allylic oxidation sites excluding steroid dienone is 2. The zero-order chi connectivity index (χ0) is 13.1. The van der Waals surface area contributed by atoms with E-state index < -0.39 is 17.9 Å². The molecule has 0 amide bonds. The Labute approximate surface area is 94.9 Å². The summed E-state index contributed by atoms with van der Waals surface area (Å²) < 4.78 is 72.7. The minimum atomic E-state index is -5.33. The van der Waals surface area contributed by atoms with Gasteiger partial charge < -0.3 is 5.32 Å². The Kier molecular flexibility index (Phi) is 4.46. The molecule has 7 heteroatoms. The molecule has 1 heterocycles. The lowest BCUT2D eigenvalue weighted by Gasteiger charge is -2.15. The van der Waals surface area contributed by atoms with Gasteiger partial charge in [-0.05, 0) is 32.2 Å². The first-order valence-electron chi connectivity index (χ1n) is 5.29. The highest BCUT2D eigenvalue weighted by Gasteiger charge is 2.50. The van der Waals surface area contributed by atoms with E-state index >= 15 is 0 Å². The molecule has 0 bridgehead atoms. The monoisotopic (exact) mass is 261 g/mol. The van der Waals surface area contributed by atoms with Gasteiger partial charge in [0.1, 0.15) is 5.57 Å². The van der Waals surface area contributed by atoms with E-state index in [2.05, 4.69) is 5.32 Å². The Morgan fingerprint density at radius 3 is 2.12 bits per heavy atom. The van der Waals surface area contributed by atoms with Gasteiger partial charge in [0, 0.05) is 6.04 Å². The second-order valence-corrected chi connectivity index (χ2v) is 3.98. The van der Waals surface area contributed by atoms with Crippen LogP contribution in [-0.4, -0.2) is 24.9 Å². The first-order chi connectivity index (χ1) is 7.71. The van der Waals surface area contributed by atoms with E-state index in [9.17, 15) is 26.3 Å². The average molecular weight is 261 g/mol. The Hall–Kier alpha value is -0.720. The number of rotatable bonds is 3. The second kappa shape index (κ2) is 5.29. The topological polar surface area (TPSA) is 12.0 Å². The molecule has 0 aromatic rings. The molecular weight excluding hydrogens is 248 g/mol. The average Bonchev–Trinajstić information content (AvgIpc) is 2.60. The van der Waals surface area contributed by atoms with E-state index in [1.54, 1.807) is 0 Å². The molecule has 100 valence electrons. The molecule has 17 heavy (non-hydrogen) atoms. The zero-order valence-electron chi connectivity index (χ0n) is 8.96. The molecule has 1 nitrogen and oxygen atoms in total.